The number of rotatable bonds is 6. The van der Waals surface area contributed by atoms with Gasteiger partial charge in [0.15, 0.2) is 5.75 Å². The van der Waals surface area contributed by atoms with Crippen molar-refractivity contribution in [2.45, 2.75) is 38.0 Å². The molecule has 3 aromatic rings. The summed E-state index contributed by atoms with van der Waals surface area (Å²) in [5, 5.41) is 8.98. The molecule has 1 fully saturated rings. The second kappa shape index (κ2) is 8.22. The van der Waals surface area contributed by atoms with Crippen LogP contribution in [0.3, 0.4) is 0 Å². The van der Waals surface area contributed by atoms with Crippen LogP contribution in [-0.2, 0) is 0 Å². The molecule has 2 N–H and O–H groups in total. The Bertz CT molecular complexity index is 957. The van der Waals surface area contributed by atoms with Gasteiger partial charge in [0, 0.05) is 33.5 Å². The molecule has 28 heavy (non-hydrogen) atoms. The van der Waals surface area contributed by atoms with Gasteiger partial charge in [-0.2, -0.15) is 8.78 Å². The van der Waals surface area contributed by atoms with Crippen molar-refractivity contribution in [2.24, 2.45) is 0 Å². The second-order valence-electron chi connectivity index (χ2n) is 6.62. The number of hydrogen-bond donors (Lipinski definition) is 2. The number of pyridine rings is 1. The van der Waals surface area contributed by atoms with Crippen molar-refractivity contribution in [3.05, 3.63) is 47.3 Å². The number of nitrogens with zero attached hydrogens (tertiary/aromatic N) is 3. The van der Waals surface area contributed by atoms with E-state index in [0.29, 0.717) is 5.95 Å². The molecule has 0 spiro atoms. The third-order valence-corrected chi connectivity index (χ3v) is 5.34. The fraction of sp³-hybridized carbons (Fsp3) is 0.316. The summed E-state index contributed by atoms with van der Waals surface area (Å²) >= 11 is 3.54. The topological polar surface area (TPSA) is 72.0 Å². The number of benzene rings is 1. The molecule has 146 valence electrons. The summed E-state index contributed by atoms with van der Waals surface area (Å²) in [6.45, 7) is -2.88. The first-order valence-electron chi connectivity index (χ1n) is 8.91. The van der Waals surface area contributed by atoms with Crippen molar-refractivity contribution >= 4 is 38.5 Å². The van der Waals surface area contributed by atoms with Gasteiger partial charge in [-0.25, -0.2) is 15.0 Å². The Morgan fingerprint density at radius 3 is 2.36 bits per heavy atom. The fourth-order valence-electron chi connectivity index (χ4n) is 3.45. The van der Waals surface area contributed by atoms with Gasteiger partial charge in [0.1, 0.15) is 5.82 Å². The summed E-state index contributed by atoms with van der Waals surface area (Å²) in [6, 6.07) is 8.59. The number of hydrogen-bond acceptors (Lipinski definition) is 6. The molecule has 2 atom stereocenters. The molecule has 1 aliphatic carbocycles. The molecular formula is C19H18BrF2N5O. The molecule has 2 aromatic heterocycles. The number of fused-ring (bicyclic) bond motifs is 1. The summed E-state index contributed by atoms with van der Waals surface area (Å²) < 4.78 is 29.6. The third-order valence-electron chi connectivity index (χ3n) is 4.71. The van der Waals surface area contributed by atoms with Crippen LogP contribution in [0.4, 0.5) is 20.5 Å². The zero-order valence-electron chi connectivity index (χ0n) is 14.8. The molecule has 0 saturated heterocycles. The molecule has 1 aliphatic rings. The van der Waals surface area contributed by atoms with E-state index in [4.69, 9.17) is 0 Å². The SMILES string of the molecule is FC(F)Oc1cnc(N[C@H]2CC[C@H](Nc3ncc(Br)c4ccccc34)C2)nc1. The van der Waals surface area contributed by atoms with Gasteiger partial charge in [0.25, 0.3) is 0 Å². The van der Waals surface area contributed by atoms with E-state index in [1.165, 1.54) is 12.4 Å². The molecular weight excluding hydrogens is 432 g/mol. The molecule has 0 amide bonds. The van der Waals surface area contributed by atoms with E-state index < -0.39 is 6.61 Å². The molecule has 0 aliphatic heterocycles. The van der Waals surface area contributed by atoms with Crippen LogP contribution in [0, 0.1) is 0 Å². The average molecular weight is 450 g/mol. The lowest BCUT2D eigenvalue weighted by Gasteiger charge is -2.17. The van der Waals surface area contributed by atoms with Crippen molar-refractivity contribution in [2.75, 3.05) is 10.6 Å². The van der Waals surface area contributed by atoms with E-state index in [2.05, 4.69) is 58.4 Å². The van der Waals surface area contributed by atoms with Crippen molar-refractivity contribution in [3.8, 4) is 5.75 Å². The largest absolute Gasteiger partial charge is 0.432 e. The first-order valence-corrected chi connectivity index (χ1v) is 9.71. The third kappa shape index (κ3) is 4.30. The molecule has 2 heterocycles. The normalized spacial score (nSPS) is 19.1. The highest BCUT2D eigenvalue weighted by molar-refractivity contribution is 9.10. The predicted octanol–water partition coefficient (Wildman–Crippen LogP) is 4.83. The summed E-state index contributed by atoms with van der Waals surface area (Å²) in [5.74, 6) is 1.22. The van der Waals surface area contributed by atoms with Crippen LogP contribution >= 0.6 is 15.9 Å². The van der Waals surface area contributed by atoms with Gasteiger partial charge < -0.3 is 15.4 Å². The fourth-order valence-corrected chi connectivity index (χ4v) is 3.90. The second-order valence-corrected chi connectivity index (χ2v) is 7.47. The number of aromatic nitrogens is 3. The number of ether oxygens (including phenoxy) is 1. The molecule has 6 nitrogen and oxygen atoms in total. The minimum Gasteiger partial charge on any atom is -0.432 e. The molecule has 9 heteroatoms. The Kier molecular flexibility index (Phi) is 5.52. The van der Waals surface area contributed by atoms with E-state index in [9.17, 15) is 8.78 Å². The molecule has 1 aromatic carbocycles. The molecule has 0 unspecified atom stereocenters. The summed E-state index contributed by atoms with van der Waals surface area (Å²) in [4.78, 5) is 12.6. The van der Waals surface area contributed by atoms with Gasteiger partial charge in [-0.05, 0) is 35.2 Å². The summed E-state index contributed by atoms with van der Waals surface area (Å²) in [7, 11) is 0. The molecule has 0 radical (unpaired) electrons. The van der Waals surface area contributed by atoms with E-state index >= 15 is 0 Å². The zero-order chi connectivity index (χ0) is 19.5. The van der Waals surface area contributed by atoms with E-state index in [1.807, 2.05) is 18.3 Å². The maximum atomic E-state index is 12.2. The van der Waals surface area contributed by atoms with Crippen LogP contribution in [0.2, 0.25) is 0 Å². The monoisotopic (exact) mass is 449 g/mol. The Morgan fingerprint density at radius 1 is 0.964 bits per heavy atom. The highest BCUT2D eigenvalue weighted by atomic mass is 79.9. The van der Waals surface area contributed by atoms with E-state index in [-0.39, 0.29) is 17.8 Å². The maximum absolute atomic E-state index is 12.2. The van der Waals surface area contributed by atoms with E-state index in [1.54, 1.807) is 0 Å². The lowest BCUT2D eigenvalue weighted by Crippen LogP contribution is -2.22. The number of alkyl halides is 2. The molecule has 1 saturated carbocycles. The standard InChI is InChI=1S/C19H18BrF2N5O/c20-16-10-23-17(15-4-2-1-3-14(15)16)26-11-5-6-12(7-11)27-19-24-8-13(9-25-19)28-18(21)22/h1-4,8-12,18H,5-7H2,(H,23,26)(H,24,25,27)/t11-,12-/m0/s1. The number of nitrogens with one attached hydrogen (secondary N) is 2. The number of anilines is 2. The zero-order valence-corrected chi connectivity index (χ0v) is 16.4. The van der Waals surface area contributed by atoms with Crippen molar-refractivity contribution in [1.29, 1.82) is 0 Å². The summed E-state index contributed by atoms with van der Waals surface area (Å²) in [6.07, 6.45) is 7.10. The quantitative estimate of drug-likeness (QED) is 0.561. The van der Waals surface area contributed by atoms with Gasteiger partial charge in [-0.3, -0.25) is 0 Å². The van der Waals surface area contributed by atoms with E-state index in [0.717, 1.165) is 40.3 Å². The minimum absolute atomic E-state index is 0.0558. The van der Waals surface area contributed by atoms with Crippen LogP contribution in [0.25, 0.3) is 10.8 Å². The maximum Gasteiger partial charge on any atom is 0.387 e. The van der Waals surface area contributed by atoms with Gasteiger partial charge >= 0.3 is 6.61 Å². The highest BCUT2D eigenvalue weighted by Crippen LogP contribution is 2.31. The van der Waals surface area contributed by atoms with Crippen LogP contribution in [0.15, 0.2) is 47.3 Å². The van der Waals surface area contributed by atoms with Crippen molar-refractivity contribution in [1.82, 2.24) is 15.0 Å². The Balaban J connectivity index is 1.38. The molecule has 4 rings (SSSR count). The first kappa shape index (κ1) is 18.8. The van der Waals surface area contributed by atoms with Gasteiger partial charge in [-0.15, -0.1) is 0 Å². The summed E-state index contributed by atoms with van der Waals surface area (Å²) in [5.41, 5.74) is 0. The first-order chi connectivity index (χ1) is 13.6. The van der Waals surface area contributed by atoms with Crippen molar-refractivity contribution in [3.63, 3.8) is 0 Å². The lowest BCUT2D eigenvalue weighted by atomic mass is 10.1. The average Bonchev–Trinajstić information content (AvgIpc) is 3.12. The molecule has 0 bridgehead atoms. The Hall–Kier alpha value is -2.55. The number of halogens is 3. The highest BCUT2D eigenvalue weighted by Gasteiger charge is 2.26. The van der Waals surface area contributed by atoms with Crippen LogP contribution in [-0.4, -0.2) is 33.6 Å². The van der Waals surface area contributed by atoms with Crippen LogP contribution in [0.5, 0.6) is 5.75 Å². The van der Waals surface area contributed by atoms with Crippen LogP contribution < -0.4 is 15.4 Å². The van der Waals surface area contributed by atoms with Crippen molar-refractivity contribution < 1.29 is 13.5 Å². The minimum atomic E-state index is -2.88. The lowest BCUT2D eigenvalue weighted by molar-refractivity contribution is -0.0503. The van der Waals surface area contributed by atoms with Gasteiger partial charge in [0.05, 0.1) is 12.4 Å². The Morgan fingerprint density at radius 2 is 1.64 bits per heavy atom. The van der Waals surface area contributed by atoms with Gasteiger partial charge in [0.2, 0.25) is 5.95 Å². The Labute approximate surface area is 168 Å². The smallest absolute Gasteiger partial charge is 0.387 e. The van der Waals surface area contributed by atoms with Crippen LogP contribution in [0.1, 0.15) is 19.3 Å². The predicted molar refractivity (Wildman–Crippen MR) is 107 cm³/mol. The van der Waals surface area contributed by atoms with Gasteiger partial charge in [-0.1, -0.05) is 24.3 Å².